The Kier molecular flexibility index (Phi) is 4.57. The van der Waals surface area contributed by atoms with Crippen molar-refractivity contribution in [2.24, 2.45) is 0 Å². The molecular weight excluding hydrogens is 292 g/mol. The zero-order chi connectivity index (χ0) is 13.0. The fourth-order valence-electron chi connectivity index (χ4n) is 1.33. The third kappa shape index (κ3) is 3.44. The van der Waals surface area contributed by atoms with Gasteiger partial charge in [-0.2, -0.15) is 0 Å². The smallest absolute Gasteiger partial charge is 0.357 e. The molecule has 18 heavy (non-hydrogen) atoms. The van der Waals surface area contributed by atoms with Crippen molar-refractivity contribution in [3.05, 3.63) is 32.4 Å². The molecule has 2 heterocycles. The highest BCUT2D eigenvalue weighted by atomic mass is 35.5. The van der Waals surface area contributed by atoms with Gasteiger partial charge < -0.3 is 10.1 Å². The predicted molar refractivity (Wildman–Crippen MR) is 75.0 cm³/mol. The van der Waals surface area contributed by atoms with Crippen LogP contribution in [0.25, 0.3) is 0 Å². The van der Waals surface area contributed by atoms with Gasteiger partial charge in [0.15, 0.2) is 10.8 Å². The first kappa shape index (κ1) is 13.3. The summed E-state index contributed by atoms with van der Waals surface area (Å²) < 4.78 is 5.39. The van der Waals surface area contributed by atoms with Crippen molar-refractivity contribution in [1.82, 2.24) is 4.98 Å². The van der Waals surface area contributed by atoms with Gasteiger partial charge in [0.1, 0.15) is 0 Å². The standard InChI is InChI=1S/C11H11ClN2O2S2/c1-16-10(15)8-6-17-11(14-8)13-5-4-7-2-3-9(12)18-7/h2-3,6H,4-5H2,1H3,(H,13,14). The molecule has 4 nitrogen and oxygen atoms in total. The fraction of sp³-hybridized carbons (Fsp3) is 0.273. The number of ether oxygens (including phenoxy) is 1. The summed E-state index contributed by atoms with van der Waals surface area (Å²) in [4.78, 5) is 16.6. The molecule has 0 aromatic carbocycles. The monoisotopic (exact) mass is 302 g/mol. The second-order valence-corrected chi connectivity index (χ2v) is 6.07. The number of thiophene rings is 1. The molecule has 0 aliphatic heterocycles. The van der Waals surface area contributed by atoms with E-state index in [1.54, 1.807) is 16.7 Å². The van der Waals surface area contributed by atoms with E-state index < -0.39 is 5.97 Å². The van der Waals surface area contributed by atoms with Gasteiger partial charge in [-0.25, -0.2) is 9.78 Å². The topological polar surface area (TPSA) is 51.2 Å². The van der Waals surface area contributed by atoms with Crippen LogP contribution in [0.15, 0.2) is 17.5 Å². The van der Waals surface area contributed by atoms with Crippen molar-refractivity contribution in [2.45, 2.75) is 6.42 Å². The minimum absolute atomic E-state index is 0.337. The van der Waals surface area contributed by atoms with Gasteiger partial charge >= 0.3 is 5.97 Å². The Labute approximate surface area is 118 Å². The van der Waals surface area contributed by atoms with Crippen LogP contribution in [0.2, 0.25) is 4.34 Å². The fourth-order valence-corrected chi connectivity index (χ4v) is 3.13. The highest BCUT2D eigenvalue weighted by molar-refractivity contribution is 7.16. The summed E-state index contributed by atoms with van der Waals surface area (Å²) in [7, 11) is 1.34. The van der Waals surface area contributed by atoms with Crippen molar-refractivity contribution < 1.29 is 9.53 Å². The molecule has 0 aliphatic carbocycles. The zero-order valence-corrected chi connectivity index (χ0v) is 12.0. The normalized spacial score (nSPS) is 10.3. The van der Waals surface area contributed by atoms with Gasteiger partial charge in [0, 0.05) is 16.8 Å². The minimum atomic E-state index is -0.413. The number of carbonyl (C=O) groups excluding carboxylic acids is 1. The number of hydrogen-bond donors (Lipinski definition) is 1. The van der Waals surface area contributed by atoms with Crippen molar-refractivity contribution in [3.63, 3.8) is 0 Å². The molecule has 0 unspecified atom stereocenters. The molecule has 1 N–H and O–H groups in total. The predicted octanol–water partition coefficient (Wildman–Crippen LogP) is 3.30. The Balaban J connectivity index is 1.83. The first-order valence-electron chi connectivity index (χ1n) is 5.21. The van der Waals surface area contributed by atoms with Gasteiger partial charge in [-0.1, -0.05) is 11.6 Å². The molecule has 2 aromatic heterocycles. The first-order valence-corrected chi connectivity index (χ1v) is 7.28. The third-order valence-corrected chi connectivity index (χ3v) is 4.27. The van der Waals surface area contributed by atoms with Crippen LogP contribution in [0.3, 0.4) is 0 Å². The quantitative estimate of drug-likeness (QED) is 0.861. The summed E-state index contributed by atoms with van der Waals surface area (Å²) in [5.41, 5.74) is 0.337. The molecule has 2 aromatic rings. The van der Waals surface area contributed by atoms with Crippen LogP contribution in [0, 0.1) is 0 Å². The molecule has 0 aliphatic rings. The average molecular weight is 303 g/mol. The number of hydrogen-bond acceptors (Lipinski definition) is 6. The molecule has 0 fully saturated rings. The second-order valence-electron chi connectivity index (χ2n) is 3.41. The van der Waals surface area contributed by atoms with Crippen molar-refractivity contribution in [2.75, 3.05) is 19.0 Å². The number of anilines is 1. The van der Waals surface area contributed by atoms with Crippen LogP contribution >= 0.6 is 34.3 Å². The number of nitrogens with one attached hydrogen (secondary N) is 1. The lowest BCUT2D eigenvalue weighted by Crippen LogP contribution is -2.05. The highest BCUT2D eigenvalue weighted by Gasteiger charge is 2.10. The van der Waals surface area contributed by atoms with Crippen molar-refractivity contribution in [1.29, 1.82) is 0 Å². The van der Waals surface area contributed by atoms with Crippen LogP contribution < -0.4 is 5.32 Å². The molecule has 0 atom stereocenters. The average Bonchev–Trinajstić information content (AvgIpc) is 2.98. The van der Waals surface area contributed by atoms with Crippen LogP contribution in [-0.2, 0) is 11.2 Å². The molecule has 7 heteroatoms. The summed E-state index contributed by atoms with van der Waals surface area (Å²) in [5.74, 6) is -0.413. The van der Waals surface area contributed by atoms with Crippen LogP contribution in [0.5, 0.6) is 0 Å². The highest BCUT2D eigenvalue weighted by Crippen LogP contribution is 2.22. The number of halogens is 1. The Hall–Kier alpha value is -1.11. The summed E-state index contributed by atoms with van der Waals surface area (Å²) in [6.07, 6.45) is 0.879. The maximum Gasteiger partial charge on any atom is 0.357 e. The molecule has 0 saturated carbocycles. The molecule has 2 rings (SSSR count). The van der Waals surface area contributed by atoms with E-state index in [1.165, 1.54) is 23.3 Å². The number of rotatable bonds is 5. The van der Waals surface area contributed by atoms with Gasteiger partial charge in [0.25, 0.3) is 0 Å². The molecule has 0 bridgehead atoms. The number of aromatic nitrogens is 1. The second kappa shape index (κ2) is 6.17. The Bertz CT molecular complexity index is 539. The largest absolute Gasteiger partial charge is 0.464 e. The summed E-state index contributed by atoms with van der Waals surface area (Å²) in [5, 5.41) is 5.56. The number of thiazole rings is 1. The zero-order valence-electron chi connectivity index (χ0n) is 9.60. The van der Waals surface area contributed by atoms with Gasteiger partial charge in [-0.3, -0.25) is 0 Å². The van der Waals surface area contributed by atoms with Crippen molar-refractivity contribution in [3.8, 4) is 0 Å². The van der Waals surface area contributed by atoms with E-state index in [4.69, 9.17) is 11.6 Å². The SMILES string of the molecule is COC(=O)c1csc(NCCc2ccc(Cl)s2)n1. The summed E-state index contributed by atoms with van der Waals surface area (Å²) >= 11 is 8.81. The maximum atomic E-state index is 11.2. The lowest BCUT2D eigenvalue weighted by Gasteiger charge is -2.00. The number of carbonyl (C=O) groups is 1. The third-order valence-electron chi connectivity index (χ3n) is 2.18. The maximum absolute atomic E-state index is 11.2. The van der Waals surface area contributed by atoms with E-state index in [-0.39, 0.29) is 0 Å². The van der Waals surface area contributed by atoms with Crippen molar-refractivity contribution >= 4 is 45.4 Å². The van der Waals surface area contributed by atoms with Gasteiger partial charge in [0.2, 0.25) is 0 Å². The van der Waals surface area contributed by atoms with Gasteiger partial charge in [0.05, 0.1) is 11.4 Å². The Morgan fingerprint density at radius 3 is 3.06 bits per heavy atom. The van der Waals surface area contributed by atoms with E-state index >= 15 is 0 Å². The van der Waals surface area contributed by atoms with Gasteiger partial charge in [-0.15, -0.1) is 22.7 Å². The molecule has 0 spiro atoms. The van der Waals surface area contributed by atoms with E-state index in [9.17, 15) is 4.79 Å². The van der Waals surface area contributed by atoms with E-state index in [0.717, 1.165) is 22.4 Å². The van der Waals surface area contributed by atoms with E-state index in [2.05, 4.69) is 15.0 Å². The first-order chi connectivity index (χ1) is 8.69. The summed E-state index contributed by atoms with van der Waals surface area (Å²) in [6.45, 7) is 0.755. The number of nitrogens with zero attached hydrogens (tertiary/aromatic N) is 1. The molecule has 0 radical (unpaired) electrons. The molecule has 0 saturated heterocycles. The number of methoxy groups -OCH3 is 1. The molecule has 96 valence electrons. The minimum Gasteiger partial charge on any atom is -0.464 e. The Morgan fingerprint density at radius 2 is 2.39 bits per heavy atom. The van der Waals surface area contributed by atoms with Gasteiger partial charge in [-0.05, 0) is 18.6 Å². The summed E-state index contributed by atoms with van der Waals surface area (Å²) in [6, 6.07) is 3.90. The Morgan fingerprint density at radius 1 is 1.56 bits per heavy atom. The van der Waals surface area contributed by atoms with Crippen LogP contribution in [-0.4, -0.2) is 24.6 Å². The van der Waals surface area contributed by atoms with Crippen LogP contribution in [0.4, 0.5) is 5.13 Å². The van der Waals surface area contributed by atoms with E-state index in [1.807, 2.05) is 12.1 Å². The van der Waals surface area contributed by atoms with Crippen LogP contribution in [0.1, 0.15) is 15.4 Å². The lowest BCUT2D eigenvalue weighted by molar-refractivity contribution is 0.0595. The molecule has 0 amide bonds. The molecular formula is C11H11ClN2O2S2. The lowest BCUT2D eigenvalue weighted by atomic mass is 10.3. The van der Waals surface area contributed by atoms with E-state index in [0.29, 0.717) is 5.69 Å². The number of esters is 1.